The number of hydrogen-bond acceptors (Lipinski definition) is 7. The molecule has 3 aromatic rings. The fourth-order valence-corrected chi connectivity index (χ4v) is 6.01. The quantitative estimate of drug-likeness (QED) is 0.510. The Morgan fingerprint density at radius 3 is 2.47 bits per heavy atom. The molecule has 0 spiro atoms. The van der Waals surface area contributed by atoms with Gasteiger partial charge >= 0.3 is 0 Å². The molecule has 1 aliphatic heterocycles. The van der Waals surface area contributed by atoms with Crippen LogP contribution in [0.3, 0.4) is 0 Å². The molecule has 2 atom stereocenters. The fraction of sp³-hybridized carbons (Fsp3) is 0.440. The first-order chi connectivity index (χ1) is 17.1. The highest BCUT2D eigenvalue weighted by Crippen LogP contribution is 2.37. The molecular weight excluding hydrogens is 504 g/mol. The number of aryl methyl sites for hydroxylation is 1. The Hall–Kier alpha value is -3.11. The lowest BCUT2D eigenvalue weighted by molar-refractivity contribution is -0.134. The largest absolute Gasteiger partial charge is 0.495 e. The van der Waals surface area contributed by atoms with Gasteiger partial charge in [-0.25, -0.2) is 4.98 Å². The summed E-state index contributed by atoms with van der Waals surface area (Å²) in [4.78, 5) is 46.3. The molecule has 1 saturated heterocycles. The van der Waals surface area contributed by atoms with E-state index in [2.05, 4.69) is 24.1 Å². The Labute approximate surface area is 218 Å². The third kappa shape index (κ3) is 5.05. The Bertz CT molecular complexity index is 1380. The number of carbonyl (C=O) groups is 2. The van der Waals surface area contributed by atoms with Crippen molar-refractivity contribution < 1.29 is 19.1 Å². The van der Waals surface area contributed by atoms with Crippen molar-refractivity contribution in [2.24, 2.45) is 11.8 Å². The number of ether oxygens (including phenoxy) is 2. The number of nitrogens with one attached hydrogen (secondary N) is 1. The van der Waals surface area contributed by atoms with Gasteiger partial charge in [0.2, 0.25) is 5.91 Å². The SMILES string of the molecule is COc1cc(OC)c(NC(=O)c2sc3ncn(CC(=O)N4C[C@@H](C)C[C@H](C)C4)c(=O)c3c2C)cc1Cl. The first-order valence-corrected chi connectivity index (χ1v) is 12.8. The first-order valence-electron chi connectivity index (χ1n) is 11.6. The molecule has 0 radical (unpaired) electrons. The van der Waals surface area contributed by atoms with Gasteiger partial charge in [-0.1, -0.05) is 25.4 Å². The van der Waals surface area contributed by atoms with Crippen molar-refractivity contribution in [3.8, 4) is 11.5 Å². The molecule has 1 aromatic carbocycles. The molecule has 9 nitrogen and oxygen atoms in total. The monoisotopic (exact) mass is 532 g/mol. The van der Waals surface area contributed by atoms with E-state index >= 15 is 0 Å². The number of anilines is 1. The van der Waals surface area contributed by atoms with Crippen molar-refractivity contribution in [2.45, 2.75) is 33.7 Å². The van der Waals surface area contributed by atoms with Crippen molar-refractivity contribution in [3.63, 3.8) is 0 Å². The zero-order chi connectivity index (χ0) is 26.1. The van der Waals surface area contributed by atoms with Crippen LogP contribution in [-0.2, 0) is 11.3 Å². The molecule has 0 saturated carbocycles. The van der Waals surface area contributed by atoms with Crippen LogP contribution >= 0.6 is 22.9 Å². The minimum atomic E-state index is -0.423. The van der Waals surface area contributed by atoms with E-state index in [1.54, 1.807) is 19.1 Å². The number of methoxy groups -OCH3 is 2. The van der Waals surface area contributed by atoms with Crippen LogP contribution in [0.2, 0.25) is 5.02 Å². The van der Waals surface area contributed by atoms with Gasteiger partial charge < -0.3 is 19.7 Å². The third-order valence-corrected chi connectivity index (χ3v) is 7.87. The second-order valence-corrected chi connectivity index (χ2v) is 10.7. The highest BCUT2D eigenvalue weighted by atomic mass is 35.5. The number of benzene rings is 1. The zero-order valence-electron chi connectivity index (χ0n) is 20.9. The van der Waals surface area contributed by atoms with Crippen molar-refractivity contribution >= 4 is 50.7 Å². The molecule has 0 bridgehead atoms. The second-order valence-electron chi connectivity index (χ2n) is 9.30. The molecule has 1 fully saturated rings. The van der Waals surface area contributed by atoms with Gasteiger partial charge in [-0.3, -0.25) is 19.0 Å². The Balaban J connectivity index is 1.60. The molecular formula is C25H29ClN4O5S. The van der Waals surface area contributed by atoms with E-state index in [-0.39, 0.29) is 18.0 Å². The number of nitrogens with zero attached hydrogens (tertiary/aromatic N) is 3. The van der Waals surface area contributed by atoms with Crippen molar-refractivity contribution in [3.05, 3.63) is 44.3 Å². The molecule has 4 rings (SSSR count). The lowest BCUT2D eigenvalue weighted by atomic mass is 9.92. The van der Waals surface area contributed by atoms with Crippen LogP contribution in [0.4, 0.5) is 5.69 Å². The summed E-state index contributed by atoms with van der Waals surface area (Å²) in [5.41, 5.74) is 0.529. The summed E-state index contributed by atoms with van der Waals surface area (Å²) in [5, 5.41) is 3.45. The zero-order valence-corrected chi connectivity index (χ0v) is 22.5. The van der Waals surface area contributed by atoms with E-state index in [4.69, 9.17) is 21.1 Å². The fourth-order valence-electron chi connectivity index (χ4n) is 4.74. The molecule has 0 aliphatic carbocycles. The van der Waals surface area contributed by atoms with E-state index in [9.17, 15) is 14.4 Å². The summed E-state index contributed by atoms with van der Waals surface area (Å²) in [6, 6.07) is 3.12. The number of hydrogen-bond donors (Lipinski definition) is 1. The van der Waals surface area contributed by atoms with Gasteiger partial charge in [0.25, 0.3) is 11.5 Å². The maximum absolute atomic E-state index is 13.3. The Morgan fingerprint density at radius 1 is 1.17 bits per heavy atom. The second kappa shape index (κ2) is 10.5. The summed E-state index contributed by atoms with van der Waals surface area (Å²) in [6.07, 6.45) is 2.47. The number of fused-ring (bicyclic) bond motifs is 1. The molecule has 36 heavy (non-hydrogen) atoms. The molecule has 0 unspecified atom stereocenters. The topological polar surface area (TPSA) is 103 Å². The summed E-state index contributed by atoms with van der Waals surface area (Å²) < 4.78 is 11.9. The predicted octanol–water partition coefficient (Wildman–Crippen LogP) is 4.19. The van der Waals surface area contributed by atoms with Gasteiger partial charge in [-0.2, -0.15) is 0 Å². The van der Waals surface area contributed by atoms with Gasteiger partial charge in [0.05, 0.1) is 41.5 Å². The summed E-state index contributed by atoms with van der Waals surface area (Å²) in [6.45, 7) is 7.26. The molecule has 11 heteroatoms. The highest BCUT2D eigenvalue weighted by Gasteiger charge is 2.26. The standard InChI is InChI=1S/C25H29ClN4O5S/c1-13-6-14(2)10-29(9-13)20(31)11-30-12-27-24-21(25(30)33)15(3)22(36-24)23(32)28-17-7-16(26)18(34-4)8-19(17)35-5/h7-8,12-14H,6,9-11H2,1-5H3,(H,28,32)/t13-,14-/m0/s1. The predicted molar refractivity (Wildman–Crippen MR) is 141 cm³/mol. The van der Waals surface area contributed by atoms with Crippen LogP contribution in [0.1, 0.15) is 35.5 Å². The van der Waals surface area contributed by atoms with Gasteiger partial charge in [0.1, 0.15) is 22.9 Å². The Morgan fingerprint density at radius 2 is 1.83 bits per heavy atom. The molecule has 2 aromatic heterocycles. The average molecular weight is 533 g/mol. The van der Waals surface area contributed by atoms with E-state index in [0.29, 0.717) is 67.8 Å². The number of amides is 2. The average Bonchev–Trinajstić information content (AvgIpc) is 3.17. The molecule has 192 valence electrons. The maximum Gasteiger partial charge on any atom is 0.266 e. The van der Waals surface area contributed by atoms with E-state index in [1.807, 2.05) is 4.90 Å². The minimum absolute atomic E-state index is 0.0838. The Kier molecular flexibility index (Phi) is 7.56. The molecule has 2 amide bonds. The number of aromatic nitrogens is 2. The van der Waals surface area contributed by atoms with Crippen LogP contribution in [0, 0.1) is 18.8 Å². The number of rotatable bonds is 6. The lowest BCUT2D eigenvalue weighted by Gasteiger charge is -2.35. The molecule has 1 N–H and O–H groups in total. The van der Waals surface area contributed by atoms with E-state index < -0.39 is 5.91 Å². The number of piperidine rings is 1. The summed E-state index contributed by atoms with van der Waals surface area (Å²) >= 11 is 7.34. The van der Waals surface area contributed by atoms with Gasteiger partial charge in [-0.05, 0) is 36.8 Å². The normalized spacial score (nSPS) is 17.8. The van der Waals surface area contributed by atoms with Gasteiger partial charge in [-0.15, -0.1) is 11.3 Å². The number of carbonyl (C=O) groups excluding carboxylic acids is 2. The van der Waals surface area contributed by atoms with E-state index in [1.165, 1.54) is 25.1 Å². The van der Waals surface area contributed by atoms with Crippen LogP contribution in [-0.4, -0.2) is 53.6 Å². The molecule has 1 aliphatic rings. The lowest BCUT2D eigenvalue weighted by Crippen LogP contribution is -2.44. The van der Waals surface area contributed by atoms with E-state index in [0.717, 1.165) is 17.8 Å². The highest BCUT2D eigenvalue weighted by molar-refractivity contribution is 7.20. The minimum Gasteiger partial charge on any atom is -0.495 e. The van der Waals surface area contributed by atoms with Crippen LogP contribution in [0.5, 0.6) is 11.5 Å². The van der Waals surface area contributed by atoms with Crippen LogP contribution < -0.4 is 20.3 Å². The smallest absolute Gasteiger partial charge is 0.266 e. The van der Waals surface area contributed by atoms with Crippen LogP contribution in [0.25, 0.3) is 10.2 Å². The number of thiophene rings is 1. The van der Waals surface area contributed by atoms with Gasteiger partial charge in [0, 0.05) is 19.2 Å². The summed E-state index contributed by atoms with van der Waals surface area (Å²) in [5.74, 6) is 1.12. The van der Waals surface area contributed by atoms with Crippen molar-refractivity contribution in [1.29, 1.82) is 0 Å². The number of halogens is 1. The number of likely N-dealkylation sites (tertiary alicyclic amines) is 1. The molecule has 3 heterocycles. The van der Waals surface area contributed by atoms with Crippen molar-refractivity contribution in [2.75, 3.05) is 32.6 Å². The van der Waals surface area contributed by atoms with Gasteiger partial charge in [0.15, 0.2) is 0 Å². The third-order valence-electron chi connectivity index (χ3n) is 6.37. The summed E-state index contributed by atoms with van der Waals surface area (Å²) in [7, 11) is 2.96. The maximum atomic E-state index is 13.3. The first kappa shape index (κ1) is 26.0. The van der Waals surface area contributed by atoms with Crippen LogP contribution in [0.15, 0.2) is 23.3 Å². The van der Waals surface area contributed by atoms with Crippen molar-refractivity contribution in [1.82, 2.24) is 14.5 Å².